The summed E-state index contributed by atoms with van der Waals surface area (Å²) in [5.74, 6) is 0.858. The molecule has 3 rings (SSSR count). The van der Waals surface area contributed by atoms with E-state index in [1.165, 1.54) is 44.5 Å². The molecule has 1 atom stereocenters. The topological polar surface area (TPSA) is 23.6 Å². The molecule has 1 amide bonds. The van der Waals surface area contributed by atoms with Gasteiger partial charge in [0.1, 0.15) is 0 Å². The first-order valence-electron chi connectivity index (χ1n) is 9.55. The third kappa shape index (κ3) is 4.18. The summed E-state index contributed by atoms with van der Waals surface area (Å²) in [7, 11) is 0. The Balaban J connectivity index is 1.61. The van der Waals surface area contributed by atoms with E-state index >= 15 is 0 Å². The van der Waals surface area contributed by atoms with Gasteiger partial charge in [0.05, 0.1) is 0 Å². The molecular formula is C21H32N2O. The Bertz CT molecular complexity index is 552. The Kier molecular flexibility index (Phi) is 5.29. The number of rotatable bonds is 3. The lowest BCUT2D eigenvalue weighted by atomic mass is 9.86. The Hall–Kier alpha value is -1.35. The summed E-state index contributed by atoms with van der Waals surface area (Å²) < 4.78 is 0. The van der Waals surface area contributed by atoms with Gasteiger partial charge in [-0.25, -0.2) is 0 Å². The Labute approximate surface area is 147 Å². The molecule has 2 aliphatic heterocycles. The molecule has 3 nitrogen and oxygen atoms in total. The van der Waals surface area contributed by atoms with E-state index in [0.29, 0.717) is 5.92 Å². The molecule has 2 fully saturated rings. The molecule has 0 bridgehead atoms. The average molecular weight is 329 g/mol. The molecule has 2 aliphatic rings. The number of hydrogen-bond acceptors (Lipinski definition) is 2. The van der Waals surface area contributed by atoms with Crippen molar-refractivity contribution in [2.24, 2.45) is 5.92 Å². The molecule has 0 N–H and O–H groups in total. The van der Waals surface area contributed by atoms with Crippen LogP contribution in [0.2, 0.25) is 0 Å². The molecule has 2 saturated heterocycles. The summed E-state index contributed by atoms with van der Waals surface area (Å²) in [6, 6.07) is 8.23. The monoisotopic (exact) mass is 328 g/mol. The van der Waals surface area contributed by atoms with Crippen LogP contribution in [0.1, 0.15) is 62.4 Å². The van der Waals surface area contributed by atoms with E-state index in [-0.39, 0.29) is 11.3 Å². The lowest BCUT2D eigenvalue weighted by molar-refractivity contribution is 0.0648. The smallest absolute Gasteiger partial charge is 0.253 e. The van der Waals surface area contributed by atoms with Crippen molar-refractivity contribution in [3.05, 3.63) is 35.4 Å². The van der Waals surface area contributed by atoms with Crippen LogP contribution in [-0.4, -0.2) is 48.4 Å². The number of likely N-dealkylation sites (tertiary alicyclic amines) is 2. The minimum Gasteiger partial charge on any atom is -0.338 e. The average Bonchev–Trinajstić information content (AvgIpc) is 3.07. The highest BCUT2D eigenvalue weighted by molar-refractivity contribution is 5.94. The molecule has 0 spiro atoms. The number of piperidine rings is 1. The van der Waals surface area contributed by atoms with E-state index in [2.05, 4.69) is 42.7 Å². The van der Waals surface area contributed by atoms with Crippen LogP contribution in [0, 0.1) is 5.92 Å². The van der Waals surface area contributed by atoms with Gasteiger partial charge in [0.25, 0.3) is 5.91 Å². The number of carbonyl (C=O) groups excluding carboxylic acids is 1. The fourth-order valence-electron chi connectivity index (χ4n) is 4.02. The van der Waals surface area contributed by atoms with E-state index < -0.39 is 0 Å². The lowest BCUT2D eigenvalue weighted by Gasteiger charge is -2.35. The molecular weight excluding hydrogens is 296 g/mol. The number of benzene rings is 1. The lowest BCUT2D eigenvalue weighted by Crippen LogP contribution is -2.43. The van der Waals surface area contributed by atoms with Crippen molar-refractivity contribution >= 4 is 5.91 Å². The van der Waals surface area contributed by atoms with E-state index in [1.807, 2.05) is 12.1 Å². The Morgan fingerprint density at radius 2 is 1.71 bits per heavy atom. The van der Waals surface area contributed by atoms with E-state index in [9.17, 15) is 4.79 Å². The van der Waals surface area contributed by atoms with Crippen molar-refractivity contribution in [1.29, 1.82) is 0 Å². The van der Waals surface area contributed by atoms with Crippen molar-refractivity contribution in [3.63, 3.8) is 0 Å². The first-order chi connectivity index (χ1) is 11.4. The first-order valence-corrected chi connectivity index (χ1v) is 9.55. The SMILES string of the molecule is CC(C)(C)c1ccc(C(=O)N2CCCC(CN3CCCC3)C2)cc1. The maximum atomic E-state index is 12.9. The van der Waals surface area contributed by atoms with Crippen LogP contribution in [0.25, 0.3) is 0 Å². The summed E-state index contributed by atoms with van der Waals surface area (Å²) in [6.07, 6.45) is 5.10. The van der Waals surface area contributed by atoms with E-state index in [0.717, 1.165) is 25.1 Å². The molecule has 2 heterocycles. The molecule has 1 aromatic rings. The first kappa shape index (κ1) is 17.5. The second kappa shape index (κ2) is 7.26. The number of nitrogens with zero attached hydrogens (tertiary/aromatic N) is 2. The molecule has 1 unspecified atom stereocenters. The van der Waals surface area contributed by atoms with Crippen LogP contribution in [0.4, 0.5) is 0 Å². The summed E-state index contributed by atoms with van der Waals surface area (Å²) in [4.78, 5) is 17.5. The number of carbonyl (C=O) groups is 1. The molecule has 1 aromatic carbocycles. The van der Waals surface area contributed by atoms with Crippen LogP contribution in [0.5, 0.6) is 0 Å². The van der Waals surface area contributed by atoms with Gasteiger partial charge >= 0.3 is 0 Å². The van der Waals surface area contributed by atoms with Crippen molar-refractivity contribution in [2.45, 2.75) is 51.9 Å². The predicted octanol–water partition coefficient (Wildman–Crippen LogP) is 3.93. The van der Waals surface area contributed by atoms with Gasteiger partial charge in [-0.3, -0.25) is 4.79 Å². The largest absolute Gasteiger partial charge is 0.338 e. The van der Waals surface area contributed by atoms with Gasteiger partial charge in [0.2, 0.25) is 0 Å². The van der Waals surface area contributed by atoms with Crippen molar-refractivity contribution in [3.8, 4) is 0 Å². The Morgan fingerprint density at radius 1 is 1.04 bits per heavy atom. The van der Waals surface area contributed by atoms with Crippen LogP contribution in [0.3, 0.4) is 0 Å². The highest BCUT2D eigenvalue weighted by Gasteiger charge is 2.27. The summed E-state index contributed by atoms with van der Waals surface area (Å²) in [6.45, 7) is 12.1. The summed E-state index contributed by atoms with van der Waals surface area (Å²) in [5.41, 5.74) is 2.25. The molecule has 24 heavy (non-hydrogen) atoms. The van der Waals surface area contributed by atoms with Gasteiger partial charge < -0.3 is 9.80 Å². The van der Waals surface area contributed by atoms with Gasteiger partial charge in [-0.1, -0.05) is 32.9 Å². The van der Waals surface area contributed by atoms with E-state index in [4.69, 9.17) is 0 Å². The standard InChI is InChI=1S/C21H32N2O/c1-21(2,3)19-10-8-18(9-11-19)20(24)23-14-6-7-17(16-23)15-22-12-4-5-13-22/h8-11,17H,4-7,12-16H2,1-3H3. The second-order valence-corrected chi connectivity index (χ2v) is 8.59. The summed E-state index contributed by atoms with van der Waals surface area (Å²) in [5, 5.41) is 0. The molecule has 0 radical (unpaired) electrons. The van der Waals surface area contributed by atoms with Crippen LogP contribution in [0.15, 0.2) is 24.3 Å². The molecule has 0 aliphatic carbocycles. The zero-order chi connectivity index (χ0) is 17.2. The van der Waals surface area contributed by atoms with Gasteiger partial charge in [-0.15, -0.1) is 0 Å². The fraction of sp³-hybridized carbons (Fsp3) is 0.667. The molecule has 0 saturated carbocycles. The van der Waals surface area contributed by atoms with Crippen molar-refractivity contribution in [2.75, 3.05) is 32.7 Å². The summed E-state index contributed by atoms with van der Waals surface area (Å²) >= 11 is 0. The quantitative estimate of drug-likeness (QED) is 0.839. The Morgan fingerprint density at radius 3 is 2.33 bits per heavy atom. The third-order valence-electron chi connectivity index (χ3n) is 5.52. The van der Waals surface area contributed by atoms with Crippen LogP contribution >= 0.6 is 0 Å². The fourth-order valence-corrected chi connectivity index (χ4v) is 4.02. The highest BCUT2D eigenvalue weighted by Crippen LogP contribution is 2.24. The maximum absolute atomic E-state index is 12.9. The van der Waals surface area contributed by atoms with Crippen LogP contribution in [-0.2, 0) is 5.41 Å². The maximum Gasteiger partial charge on any atom is 0.253 e. The molecule has 3 heteroatoms. The highest BCUT2D eigenvalue weighted by atomic mass is 16.2. The van der Waals surface area contributed by atoms with Crippen molar-refractivity contribution in [1.82, 2.24) is 9.80 Å². The minimum absolute atomic E-state index is 0.132. The molecule has 132 valence electrons. The zero-order valence-electron chi connectivity index (χ0n) is 15.6. The van der Waals surface area contributed by atoms with Gasteiger partial charge in [-0.05, 0) is 67.8 Å². The minimum atomic E-state index is 0.132. The van der Waals surface area contributed by atoms with E-state index in [1.54, 1.807) is 0 Å². The van der Waals surface area contributed by atoms with Crippen molar-refractivity contribution < 1.29 is 4.79 Å². The predicted molar refractivity (Wildman–Crippen MR) is 99.4 cm³/mol. The van der Waals surface area contributed by atoms with Gasteiger partial charge in [0.15, 0.2) is 0 Å². The normalized spacial score (nSPS) is 22.8. The van der Waals surface area contributed by atoms with Gasteiger partial charge in [-0.2, -0.15) is 0 Å². The number of amides is 1. The third-order valence-corrected chi connectivity index (χ3v) is 5.52. The number of hydrogen-bond donors (Lipinski definition) is 0. The molecule has 0 aromatic heterocycles. The van der Waals surface area contributed by atoms with Crippen LogP contribution < -0.4 is 0 Å². The van der Waals surface area contributed by atoms with Gasteiger partial charge in [0, 0.05) is 25.2 Å². The second-order valence-electron chi connectivity index (χ2n) is 8.59. The zero-order valence-corrected chi connectivity index (χ0v) is 15.6.